The van der Waals surface area contributed by atoms with Crippen LogP contribution in [0.2, 0.25) is 18.1 Å². The summed E-state index contributed by atoms with van der Waals surface area (Å²) in [4.78, 5) is 41.4. The molecule has 2 rings (SSSR count). The molecule has 9 heteroatoms. The monoisotopic (exact) mass is 567 g/mol. The number of ether oxygens (including phenoxy) is 1. The number of nitrogens with one attached hydrogen (secondary N) is 2. The van der Waals surface area contributed by atoms with E-state index in [9.17, 15) is 14.4 Å². The summed E-state index contributed by atoms with van der Waals surface area (Å²) in [7, 11) is 0.767. The summed E-state index contributed by atoms with van der Waals surface area (Å²) in [5.41, 5.74) is 0.0391. The van der Waals surface area contributed by atoms with Crippen LogP contribution in [0.4, 0.5) is 9.59 Å². The second-order valence-electron chi connectivity index (χ2n) is 11.7. The molecule has 0 aliphatic carbocycles. The lowest BCUT2D eigenvalue weighted by molar-refractivity contribution is -0.127. The molecular formula is C31H45N3O5Si. The van der Waals surface area contributed by atoms with Gasteiger partial charge >= 0.3 is 12.1 Å². The highest BCUT2D eigenvalue weighted by Crippen LogP contribution is 2.39. The zero-order valence-corrected chi connectivity index (χ0v) is 26.3. The van der Waals surface area contributed by atoms with Crippen molar-refractivity contribution < 1.29 is 23.5 Å². The minimum Gasteiger partial charge on any atom is -0.445 e. The van der Waals surface area contributed by atoms with Crippen LogP contribution in [0.5, 0.6) is 0 Å². The lowest BCUT2D eigenvalue weighted by atomic mass is 9.80. The number of alkyl carbamates (subject to hydrolysis) is 1. The van der Waals surface area contributed by atoms with E-state index in [1.807, 2.05) is 60.7 Å². The van der Waals surface area contributed by atoms with E-state index >= 15 is 0 Å². The first kappa shape index (κ1) is 32.8. The van der Waals surface area contributed by atoms with E-state index in [2.05, 4.69) is 44.5 Å². The molecule has 0 aromatic heterocycles. The van der Waals surface area contributed by atoms with E-state index < -0.39 is 38.1 Å². The fourth-order valence-electron chi connectivity index (χ4n) is 4.00. The Labute approximate surface area is 240 Å². The maximum absolute atomic E-state index is 13.7. The number of carbonyl (C=O) groups excluding carboxylic acids is 3. The van der Waals surface area contributed by atoms with Crippen molar-refractivity contribution in [2.24, 2.45) is 0 Å². The third-order valence-electron chi connectivity index (χ3n) is 7.48. The fourth-order valence-corrected chi connectivity index (χ4v) is 5.43. The van der Waals surface area contributed by atoms with Gasteiger partial charge in [0.25, 0.3) is 0 Å². The molecule has 0 heterocycles. The van der Waals surface area contributed by atoms with Gasteiger partial charge in [0.1, 0.15) is 12.1 Å². The van der Waals surface area contributed by atoms with E-state index in [0.29, 0.717) is 0 Å². The summed E-state index contributed by atoms with van der Waals surface area (Å²) >= 11 is 0. The molecule has 0 aliphatic heterocycles. The highest BCUT2D eigenvalue weighted by atomic mass is 28.4. The predicted octanol–water partition coefficient (Wildman–Crippen LogP) is 6.00. The van der Waals surface area contributed by atoms with Gasteiger partial charge in [-0.2, -0.15) is 0 Å². The number of hydrogen-bond donors (Lipinski definition) is 2. The molecular weight excluding hydrogens is 522 g/mol. The zero-order chi connectivity index (χ0) is 30.1. The van der Waals surface area contributed by atoms with E-state index in [4.69, 9.17) is 9.16 Å². The normalized spacial score (nSPS) is 15.0. The Balaban J connectivity index is 2.59. The molecule has 218 valence electrons. The van der Waals surface area contributed by atoms with Crippen molar-refractivity contribution in [3.63, 3.8) is 0 Å². The molecule has 2 aromatic carbocycles. The van der Waals surface area contributed by atoms with Crippen molar-refractivity contribution in [2.75, 3.05) is 14.1 Å². The molecule has 0 saturated carbocycles. The van der Waals surface area contributed by atoms with Gasteiger partial charge in [0.05, 0.1) is 12.1 Å². The van der Waals surface area contributed by atoms with Gasteiger partial charge in [-0.3, -0.25) is 4.79 Å². The highest BCUT2D eigenvalue weighted by molar-refractivity contribution is 6.74. The second-order valence-corrected chi connectivity index (χ2v) is 16.5. The Morgan fingerprint density at radius 3 is 2.02 bits per heavy atom. The van der Waals surface area contributed by atoms with E-state index in [1.165, 1.54) is 11.8 Å². The standard InChI is InChI=1S/C31H45N3O5Si/c1-23(35)31(33-28(36)34(6)7,24(2)39-40(8,9)30(3,4)5)27(21-20-25-16-12-10-13-17-25)32-29(37)38-22-26-18-14-11-15-19-26/h10-21,24,27H,22H2,1-9H3,(H,32,37)(H,33,36)/b21-20+/t24-,27+,31-/m0/s1. The number of rotatable bonds is 11. The number of nitrogens with zero attached hydrogens (tertiary/aromatic N) is 1. The minimum absolute atomic E-state index is 0.0505. The van der Waals surface area contributed by atoms with Gasteiger partial charge in [0, 0.05) is 14.1 Å². The van der Waals surface area contributed by atoms with E-state index in [0.717, 1.165) is 11.1 Å². The maximum Gasteiger partial charge on any atom is 0.408 e. The third-order valence-corrected chi connectivity index (χ3v) is 12.0. The molecule has 0 fully saturated rings. The Hall–Kier alpha value is -3.43. The van der Waals surface area contributed by atoms with Crippen LogP contribution in [-0.2, 0) is 20.6 Å². The van der Waals surface area contributed by atoms with Crippen LogP contribution < -0.4 is 10.6 Å². The molecule has 0 aliphatic rings. The molecule has 0 spiro atoms. The maximum atomic E-state index is 13.7. The van der Waals surface area contributed by atoms with Crippen molar-refractivity contribution in [2.45, 2.75) is 77.0 Å². The molecule has 0 saturated heterocycles. The molecule has 8 nitrogen and oxygen atoms in total. The number of benzene rings is 2. The van der Waals surface area contributed by atoms with Gasteiger partial charge in [-0.05, 0) is 43.1 Å². The second kappa shape index (κ2) is 13.8. The average Bonchev–Trinajstić information content (AvgIpc) is 2.88. The molecule has 3 atom stereocenters. The van der Waals surface area contributed by atoms with Crippen LogP contribution in [-0.4, -0.2) is 62.9 Å². The smallest absolute Gasteiger partial charge is 0.408 e. The van der Waals surface area contributed by atoms with Gasteiger partial charge in [-0.25, -0.2) is 9.59 Å². The van der Waals surface area contributed by atoms with Crippen LogP contribution in [0, 0.1) is 0 Å². The lowest BCUT2D eigenvalue weighted by Gasteiger charge is -2.47. The quantitative estimate of drug-likeness (QED) is 0.325. The number of Topliss-reactive ketones (excluding diaryl/α,β-unsaturated/α-hetero) is 1. The van der Waals surface area contributed by atoms with Crippen molar-refractivity contribution in [3.8, 4) is 0 Å². The first-order chi connectivity index (χ1) is 18.6. The Bertz CT molecular complexity index is 1160. The number of urea groups is 1. The van der Waals surface area contributed by atoms with Crippen LogP contribution in [0.1, 0.15) is 45.7 Å². The zero-order valence-electron chi connectivity index (χ0n) is 25.3. The van der Waals surface area contributed by atoms with Gasteiger partial charge < -0.3 is 24.7 Å². The summed E-state index contributed by atoms with van der Waals surface area (Å²) in [6.07, 6.45) is 1.99. The van der Waals surface area contributed by atoms with E-state index in [1.54, 1.807) is 33.2 Å². The van der Waals surface area contributed by atoms with Crippen LogP contribution in [0.25, 0.3) is 6.08 Å². The first-order valence-electron chi connectivity index (χ1n) is 13.5. The van der Waals surface area contributed by atoms with Gasteiger partial charge in [-0.1, -0.05) is 93.6 Å². The predicted molar refractivity (Wildman–Crippen MR) is 162 cm³/mol. The Morgan fingerprint density at radius 1 is 0.975 bits per heavy atom. The first-order valence-corrected chi connectivity index (χ1v) is 16.4. The molecule has 40 heavy (non-hydrogen) atoms. The summed E-state index contributed by atoms with van der Waals surface area (Å²) < 4.78 is 12.2. The number of amides is 3. The van der Waals surface area contributed by atoms with Crippen molar-refractivity contribution in [1.29, 1.82) is 0 Å². The Kier molecular flexibility index (Phi) is 11.3. The fraction of sp³-hybridized carbons (Fsp3) is 0.452. The molecule has 0 bridgehead atoms. The molecule has 3 amide bonds. The average molecular weight is 568 g/mol. The third kappa shape index (κ3) is 8.53. The van der Waals surface area contributed by atoms with E-state index in [-0.39, 0.29) is 17.4 Å². The minimum atomic E-state index is -2.42. The summed E-state index contributed by atoms with van der Waals surface area (Å²) in [5.74, 6) is -0.361. The molecule has 0 radical (unpaired) electrons. The van der Waals surface area contributed by atoms with Crippen LogP contribution in [0.3, 0.4) is 0 Å². The summed E-state index contributed by atoms with van der Waals surface area (Å²) in [6.45, 7) is 13.7. The van der Waals surface area contributed by atoms with Gasteiger partial charge in [0.2, 0.25) is 0 Å². The van der Waals surface area contributed by atoms with Gasteiger partial charge in [0.15, 0.2) is 14.1 Å². The number of hydrogen-bond acceptors (Lipinski definition) is 5. The molecule has 2 N–H and O–H groups in total. The SMILES string of the molecule is CC(=O)[C@](NC(=O)N(C)C)([C@H](C)O[Si](C)(C)C(C)(C)C)[C@@H](/C=C/c1ccccc1)NC(=O)OCc1ccccc1. The summed E-state index contributed by atoms with van der Waals surface area (Å²) in [6, 6.07) is 17.3. The lowest BCUT2D eigenvalue weighted by Crippen LogP contribution is -2.73. The number of carbonyl (C=O) groups is 3. The largest absolute Gasteiger partial charge is 0.445 e. The van der Waals surface area contributed by atoms with Gasteiger partial charge in [-0.15, -0.1) is 0 Å². The molecule has 2 aromatic rings. The van der Waals surface area contributed by atoms with Crippen LogP contribution >= 0.6 is 0 Å². The summed E-state index contributed by atoms with van der Waals surface area (Å²) in [5, 5.41) is 5.63. The highest BCUT2D eigenvalue weighted by Gasteiger charge is 2.53. The van der Waals surface area contributed by atoms with Crippen molar-refractivity contribution in [3.05, 3.63) is 77.9 Å². The van der Waals surface area contributed by atoms with Crippen molar-refractivity contribution >= 4 is 32.3 Å². The van der Waals surface area contributed by atoms with Crippen molar-refractivity contribution in [1.82, 2.24) is 15.5 Å². The molecule has 0 unspecified atom stereocenters. The van der Waals surface area contributed by atoms with Crippen LogP contribution in [0.15, 0.2) is 66.7 Å². The topological polar surface area (TPSA) is 97.0 Å². The number of ketones is 1. The Morgan fingerprint density at radius 2 is 1.52 bits per heavy atom.